The number of hydrogen-bond acceptors (Lipinski definition) is 1. The maximum atomic E-state index is 10.2. The van der Waals surface area contributed by atoms with E-state index in [1.807, 2.05) is 0 Å². The van der Waals surface area contributed by atoms with Crippen LogP contribution in [-0.4, -0.2) is 11.2 Å². The zero-order chi connectivity index (χ0) is 11.9. The second-order valence-electron chi connectivity index (χ2n) is 6.15. The third-order valence-electron chi connectivity index (χ3n) is 4.84. The highest BCUT2D eigenvalue weighted by Gasteiger charge is 2.45. The minimum absolute atomic E-state index is 0.176. The fourth-order valence-electron chi connectivity index (χ4n) is 3.77. The van der Waals surface area contributed by atoms with E-state index in [0.29, 0.717) is 17.3 Å². The van der Waals surface area contributed by atoms with Crippen LogP contribution < -0.4 is 0 Å². The molecule has 0 heterocycles. The summed E-state index contributed by atoms with van der Waals surface area (Å²) >= 11 is 0. The molecule has 0 amide bonds. The van der Waals surface area contributed by atoms with Crippen molar-refractivity contribution in [3.63, 3.8) is 0 Å². The maximum Gasteiger partial charge on any atom is 0.0610 e. The molecule has 0 aliphatic heterocycles. The Morgan fingerprint density at radius 2 is 2.25 bits per heavy atom. The Bertz CT molecular complexity index is 328. The molecule has 1 nitrogen and oxygen atoms in total. The number of rotatable bonds is 1. The molecule has 0 spiro atoms. The molecule has 2 rings (SSSR count). The predicted octanol–water partition coefficient (Wildman–Crippen LogP) is 3.70. The van der Waals surface area contributed by atoms with E-state index in [2.05, 4.69) is 33.4 Å². The Morgan fingerprint density at radius 3 is 2.88 bits per heavy atom. The van der Waals surface area contributed by atoms with Gasteiger partial charge in [0.2, 0.25) is 0 Å². The van der Waals surface area contributed by atoms with Gasteiger partial charge in [-0.25, -0.2) is 0 Å². The summed E-state index contributed by atoms with van der Waals surface area (Å²) in [5.74, 6) is 0.964. The highest BCUT2D eigenvalue weighted by Crippen LogP contribution is 2.52. The second kappa shape index (κ2) is 4.03. The Kier molecular flexibility index (Phi) is 3.00. The van der Waals surface area contributed by atoms with Gasteiger partial charge in [-0.05, 0) is 50.9 Å². The van der Waals surface area contributed by atoms with Crippen LogP contribution in [0.4, 0.5) is 0 Å². The SMILES string of the molecule is C=C(C)C1CC2C(C)=CCCC2(C)CC1O. The number of hydrogen-bond donors (Lipinski definition) is 1. The van der Waals surface area contributed by atoms with E-state index in [9.17, 15) is 5.11 Å². The van der Waals surface area contributed by atoms with Gasteiger partial charge in [-0.15, -0.1) is 0 Å². The molecule has 0 aromatic heterocycles. The van der Waals surface area contributed by atoms with Gasteiger partial charge in [0.05, 0.1) is 6.10 Å². The molecule has 0 radical (unpaired) electrons. The van der Waals surface area contributed by atoms with Crippen LogP contribution in [0.25, 0.3) is 0 Å². The van der Waals surface area contributed by atoms with E-state index in [4.69, 9.17) is 0 Å². The zero-order valence-corrected chi connectivity index (χ0v) is 10.8. The first-order chi connectivity index (χ1) is 7.44. The van der Waals surface area contributed by atoms with Crippen LogP contribution in [0.1, 0.15) is 46.5 Å². The fourth-order valence-corrected chi connectivity index (χ4v) is 3.77. The van der Waals surface area contributed by atoms with E-state index >= 15 is 0 Å². The van der Waals surface area contributed by atoms with E-state index in [-0.39, 0.29) is 6.10 Å². The number of aliphatic hydroxyl groups excluding tert-OH is 1. The van der Waals surface area contributed by atoms with Crippen molar-refractivity contribution >= 4 is 0 Å². The van der Waals surface area contributed by atoms with Crippen LogP contribution in [0.5, 0.6) is 0 Å². The quantitative estimate of drug-likeness (QED) is 0.668. The van der Waals surface area contributed by atoms with E-state index in [1.54, 1.807) is 0 Å². The second-order valence-corrected chi connectivity index (χ2v) is 6.15. The minimum atomic E-state index is -0.176. The van der Waals surface area contributed by atoms with Crippen molar-refractivity contribution in [1.82, 2.24) is 0 Å². The highest BCUT2D eigenvalue weighted by molar-refractivity contribution is 5.18. The molecular weight excluding hydrogens is 196 g/mol. The van der Waals surface area contributed by atoms with Gasteiger partial charge in [0.25, 0.3) is 0 Å². The first-order valence-corrected chi connectivity index (χ1v) is 6.44. The van der Waals surface area contributed by atoms with Gasteiger partial charge in [-0.3, -0.25) is 0 Å². The van der Waals surface area contributed by atoms with Crippen LogP contribution in [0.3, 0.4) is 0 Å². The number of allylic oxidation sites excluding steroid dienone is 2. The third kappa shape index (κ3) is 1.86. The summed E-state index contributed by atoms with van der Waals surface area (Å²) in [6, 6.07) is 0. The molecule has 4 unspecified atom stereocenters. The largest absolute Gasteiger partial charge is 0.392 e. The van der Waals surface area contributed by atoms with E-state index < -0.39 is 0 Å². The average molecular weight is 220 g/mol. The van der Waals surface area contributed by atoms with Crippen molar-refractivity contribution < 1.29 is 5.11 Å². The summed E-state index contributed by atoms with van der Waals surface area (Å²) < 4.78 is 0. The molecule has 1 N–H and O–H groups in total. The van der Waals surface area contributed by atoms with Crippen LogP contribution in [0, 0.1) is 17.3 Å². The van der Waals surface area contributed by atoms with Gasteiger partial charge in [0, 0.05) is 5.92 Å². The van der Waals surface area contributed by atoms with Crippen molar-refractivity contribution in [2.75, 3.05) is 0 Å². The molecule has 16 heavy (non-hydrogen) atoms. The Labute approximate surface area is 99.3 Å². The van der Waals surface area contributed by atoms with Gasteiger partial charge in [-0.2, -0.15) is 0 Å². The van der Waals surface area contributed by atoms with Gasteiger partial charge in [-0.1, -0.05) is 30.7 Å². The Hall–Kier alpha value is -0.560. The summed E-state index contributed by atoms with van der Waals surface area (Å²) in [6.45, 7) is 10.7. The lowest BCUT2D eigenvalue weighted by Gasteiger charge is -2.49. The summed E-state index contributed by atoms with van der Waals surface area (Å²) in [4.78, 5) is 0. The zero-order valence-electron chi connectivity index (χ0n) is 10.8. The molecule has 0 aromatic rings. The molecule has 90 valence electrons. The molecule has 0 aromatic carbocycles. The highest BCUT2D eigenvalue weighted by atomic mass is 16.3. The minimum Gasteiger partial charge on any atom is -0.392 e. The van der Waals surface area contributed by atoms with Crippen molar-refractivity contribution in [3.05, 3.63) is 23.8 Å². The first-order valence-electron chi connectivity index (χ1n) is 6.44. The standard InChI is InChI=1S/C15H24O/c1-10(2)12-8-13-11(3)6-5-7-15(13,4)9-14(12)16/h6,12-14,16H,1,5,7-9H2,2-4H3. The topological polar surface area (TPSA) is 20.2 Å². The molecule has 0 bridgehead atoms. The average Bonchev–Trinajstić information content (AvgIpc) is 2.15. The Balaban J connectivity index is 2.26. The third-order valence-corrected chi connectivity index (χ3v) is 4.84. The molecule has 1 saturated carbocycles. The molecule has 1 heteroatoms. The molecule has 2 aliphatic rings. The van der Waals surface area contributed by atoms with Gasteiger partial charge >= 0.3 is 0 Å². The predicted molar refractivity (Wildman–Crippen MR) is 68.1 cm³/mol. The lowest BCUT2D eigenvalue weighted by Crippen LogP contribution is -2.44. The van der Waals surface area contributed by atoms with E-state index in [1.165, 1.54) is 18.4 Å². The van der Waals surface area contributed by atoms with E-state index in [0.717, 1.165) is 18.4 Å². The molecule has 1 fully saturated rings. The van der Waals surface area contributed by atoms with Gasteiger partial charge in [0.1, 0.15) is 0 Å². The first kappa shape index (κ1) is 11.9. The normalized spacial score (nSPS) is 43.5. The summed E-state index contributed by atoms with van der Waals surface area (Å²) in [5, 5.41) is 10.2. The summed E-state index contributed by atoms with van der Waals surface area (Å²) in [6.07, 6.45) is 6.66. The number of fused-ring (bicyclic) bond motifs is 1. The number of aliphatic hydroxyl groups is 1. The summed E-state index contributed by atoms with van der Waals surface area (Å²) in [7, 11) is 0. The smallest absolute Gasteiger partial charge is 0.0610 e. The lowest BCUT2D eigenvalue weighted by molar-refractivity contribution is -0.0147. The van der Waals surface area contributed by atoms with Crippen molar-refractivity contribution in [2.45, 2.75) is 52.6 Å². The molecular formula is C15H24O. The summed E-state index contributed by atoms with van der Waals surface area (Å²) in [5.41, 5.74) is 3.00. The monoisotopic (exact) mass is 220 g/mol. The maximum absolute atomic E-state index is 10.2. The van der Waals surface area contributed by atoms with Crippen LogP contribution >= 0.6 is 0 Å². The van der Waals surface area contributed by atoms with Crippen molar-refractivity contribution in [2.24, 2.45) is 17.3 Å². The van der Waals surface area contributed by atoms with Gasteiger partial charge in [0.15, 0.2) is 0 Å². The van der Waals surface area contributed by atoms with Crippen molar-refractivity contribution in [3.8, 4) is 0 Å². The molecule has 0 saturated heterocycles. The fraction of sp³-hybridized carbons (Fsp3) is 0.733. The lowest BCUT2D eigenvalue weighted by atomic mass is 9.56. The molecule has 4 atom stereocenters. The Morgan fingerprint density at radius 1 is 1.56 bits per heavy atom. The van der Waals surface area contributed by atoms with Crippen LogP contribution in [0.15, 0.2) is 23.8 Å². The molecule has 2 aliphatic carbocycles. The van der Waals surface area contributed by atoms with Crippen LogP contribution in [-0.2, 0) is 0 Å². The van der Waals surface area contributed by atoms with Crippen LogP contribution in [0.2, 0.25) is 0 Å². The van der Waals surface area contributed by atoms with Crippen molar-refractivity contribution in [1.29, 1.82) is 0 Å². The van der Waals surface area contributed by atoms with Gasteiger partial charge < -0.3 is 5.11 Å².